The molecule has 2 aromatic rings. The molecule has 4 heteroatoms. The number of nitrogens with zero attached hydrogens (tertiary/aromatic N) is 2. The fourth-order valence-electron chi connectivity index (χ4n) is 6.31. The summed E-state index contributed by atoms with van der Waals surface area (Å²) in [6.45, 7) is 1.94. The van der Waals surface area contributed by atoms with Gasteiger partial charge in [-0.2, -0.15) is 11.3 Å². The van der Waals surface area contributed by atoms with Crippen LogP contribution in [0.5, 0.6) is 0 Å². The van der Waals surface area contributed by atoms with Gasteiger partial charge in [0, 0.05) is 24.0 Å². The van der Waals surface area contributed by atoms with E-state index in [2.05, 4.69) is 26.7 Å². The zero-order chi connectivity index (χ0) is 16.5. The van der Waals surface area contributed by atoms with Crippen LogP contribution in [0.3, 0.4) is 0 Å². The Labute approximate surface area is 152 Å². The highest BCUT2D eigenvalue weighted by Crippen LogP contribution is 2.67. The largest absolute Gasteiger partial charge is 0.337 e. The topological polar surface area (TPSA) is 33.2 Å². The van der Waals surface area contributed by atoms with E-state index >= 15 is 0 Å². The lowest BCUT2D eigenvalue weighted by Crippen LogP contribution is -2.40. The third-order valence-corrected chi connectivity index (χ3v) is 8.09. The first kappa shape index (κ1) is 14.5. The number of thiophene rings is 1. The maximum absolute atomic E-state index is 13.1. The monoisotopic (exact) mass is 350 g/mol. The molecule has 3 heterocycles. The van der Waals surface area contributed by atoms with Crippen LogP contribution >= 0.6 is 11.3 Å². The number of likely N-dealkylation sites (tertiary alicyclic amines) is 1. The lowest BCUT2D eigenvalue weighted by molar-refractivity contribution is 0.0464. The summed E-state index contributed by atoms with van der Waals surface area (Å²) in [7, 11) is 0. The minimum atomic E-state index is 0.138. The molecule has 1 amide bonds. The quantitative estimate of drug-likeness (QED) is 0.814. The molecule has 1 saturated heterocycles. The summed E-state index contributed by atoms with van der Waals surface area (Å²) in [5.41, 5.74) is 2.62. The molecule has 6 unspecified atom stereocenters. The van der Waals surface area contributed by atoms with Crippen LogP contribution in [0.4, 0.5) is 0 Å². The first-order valence-electron chi connectivity index (χ1n) is 9.58. The van der Waals surface area contributed by atoms with E-state index in [0.717, 1.165) is 59.9 Å². The molecular weight excluding hydrogens is 328 g/mol. The van der Waals surface area contributed by atoms with Crippen molar-refractivity contribution in [2.24, 2.45) is 35.5 Å². The fraction of sp³-hybridized carbons (Fsp3) is 0.524. The molecule has 6 atom stereocenters. The van der Waals surface area contributed by atoms with Crippen molar-refractivity contribution in [3.8, 4) is 11.3 Å². The van der Waals surface area contributed by atoms with Gasteiger partial charge in [-0.05, 0) is 78.3 Å². The Morgan fingerprint density at radius 1 is 1.00 bits per heavy atom. The maximum Gasteiger partial charge on any atom is 0.272 e. The SMILES string of the molecule is O=C(c1cccc(-c2ccsc2)n1)N1CC2C3CCC(C4CC34)C2C1. The third kappa shape index (κ3) is 2.10. The van der Waals surface area contributed by atoms with Crippen LogP contribution in [-0.2, 0) is 0 Å². The molecular formula is C21H22N2OS. The first-order valence-corrected chi connectivity index (χ1v) is 10.5. The summed E-state index contributed by atoms with van der Waals surface area (Å²) >= 11 is 1.66. The molecule has 0 radical (unpaired) electrons. The van der Waals surface area contributed by atoms with Gasteiger partial charge in [-0.25, -0.2) is 4.98 Å². The summed E-state index contributed by atoms with van der Waals surface area (Å²) in [6, 6.07) is 7.91. The van der Waals surface area contributed by atoms with Crippen LogP contribution in [0, 0.1) is 35.5 Å². The van der Waals surface area contributed by atoms with E-state index in [9.17, 15) is 4.79 Å². The summed E-state index contributed by atoms with van der Waals surface area (Å²) in [4.78, 5) is 19.9. The van der Waals surface area contributed by atoms with E-state index in [1.54, 1.807) is 11.3 Å². The average Bonchev–Trinajstić information content (AvgIpc) is 3.09. The van der Waals surface area contributed by atoms with E-state index in [0.29, 0.717) is 5.69 Å². The number of carbonyl (C=O) groups excluding carboxylic acids is 1. The van der Waals surface area contributed by atoms with Crippen LogP contribution in [0.2, 0.25) is 0 Å². The zero-order valence-electron chi connectivity index (χ0n) is 14.2. The molecule has 2 aromatic heterocycles. The van der Waals surface area contributed by atoms with E-state index < -0.39 is 0 Å². The second-order valence-electron chi connectivity index (χ2n) is 8.43. The van der Waals surface area contributed by atoms with Crippen LogP contribution in [0.15, 0.2) is 35.0 Å². The highest BCUT2D eigenvalue weighted by molar-refractivity contribution is 7.08. The third-order valence-electron chi connectivity index (χ3n) is 7.41. The van der Waals surface area contributed by atoms with Gasteiger partial charge in [0.25, 0.3) is 5.91 Å². The predicted molar refractivity (Wildman–Crippen MR) is 98.2 cm³/mol. The minimum Gasteiger partial charge on any atom is -0.337 e. The number of carbonyl (C=O) groups is 1. The molecule has 0 N–H and O–H groups in total. The average molecular weight is 350 g/mol. The Bertz CT molecular complexity index is 808. The summed E-state index contributed by atoms with van der Waals surface area (Å²) in [5.74, 6) is 5.51. The molecule has 5 fully saturated rings. The molecule has 128 valence electrons. The summed E-state index contributed by atoms with van der Waals surface area (Å²) in [5, 5.41) is 4.14. The van der Waals surface area contributed by atoms with Gasteiger partial charge in [0.1, 0.15) is 5.69 Å². The number of rotatable bonds is 2. The molecule has 0 aromatic carbocycles. The Hall–Kier alpha value is -1.68. The van der Waals surface area contributed by atoms with Gasteiger partial charge in [-0.3, -0.25) is 4.79 Å². The van der Waals surface area contributed by atoms with Crippen molar-refractivity contribution in [2.75, 3.05) is 13.1 Å². The molecule has 1 aliphatic heterocycles. The molecule has 2 bridgehead atoms. The van der Waals surface area contributed by atoms with Crippen molar-refractivity contribution in [1.29, 1.82) is 0 Å². The predicted octanol–water partition coefficient (Wildman–Crippen LogP) is 4.17. The summed E-state index contributed by atoms with van der Waals surface area (Å²) < 4.78 is 0. The molecule has 3 nitrogen and oxygen atoms in total. The number of hydrogen-bond donors (Lipinski definition) is 0. The summed E-state index contributed by atoms with van der Waals surface area (Å²) in [6.07, 6.45) is 4.32. The second-order valence-corrected chi connectivity index (χ2v) is 9.21. The highest BCUT2D eigenvalue weighted by atomic mass is 32.1. The molecule has 7 rings (SSSR count). The standard InChI is InChI=1S/C21H22N2OS/c24-21(20-3-1-2-19(22-20)12-6-7-25-11-12)23-9-17-13-4-5-14(18(17)10-23)16-8-15(13)16/h1-3,6-7,11,13-18H,4-5,8-10H2. The normalized spacial score (nSPS) is 37.7. The van der Waals surface area contributed by atoms with E-state index in [4.69, 9.17) is 0 Å². The van der Waals surface area contributed by atoms with E-state index in [-0.39, 0.29) is 5.91 Å². The number of fused-ring (bicyclic) bond motifs is 1. The first-order chi connectivity index (χ1) is 12.3. The van der Waals surface area contributed by atoms with Crippen molar-refractivity contribution in [2.45, 2.75) is 19.3 Å². The Morgan fingerprint density at radius 3 is 2.44 bits per heavy atom. The van der Waals surface area contributed by atoms with Crippen molar-refractivity contribution in [3.63, 3.8) is 0 Å². The maximum atomic E-state index is 13.1. The van der Waals surface area contributed by atoms with Crippen molar-refractivity contribution in [3.05, 3.63) is 40.7 Å². The van der Waals surface area contributed by atoms with Crippen molar-refractivity contribution in [1.82, 2.24) is 9.88 Å². The number of aromatic nitrogens is 1. The van der Waals surface area contributed by atoms with Crippen LogP contribution in [-0.4, -0.2) is 28.9 Å². The van der Waals surface area contributed by atoms with Gasteiger partial charge in [-0.1, -0.05) is 6.07 Å². The number of amides is 1. The van der Waals surface area contributed by atoms with Gasteiger partial charge < -0.3 is 4.90 Å². The minimum absolute atomic E-state index is 0.138. The van der Waals surface area contributed by atoms with Gasteiger partial charge in [-0.15, -0.1) is 0 Å². The van der Waals surface area contributed by atoms with Gasteiger partial charge in [0.05, 0.1) is 5.69 Å². The molecule has 25 heavy (non-hydrogen) atoms. The Balaban J connectivity index is 1.26. The van der Waals surface area contributed by atoms with Crippen molar-refractivity contribution >= 4 is 17.2 Å². The lowest BCUT2D eigenvalue weighted by atomic mass is 9.60. The highest BCUT2D eigenvalue weighted by Gasteiger charge is 2.63. The van der Waals surface area contributed by atoms with E-state index in [1.165, 1.54) is 19.3 Å². The van der Waals surface area contributed by atoms with Crippen LogP contribution < -0.4 is 0 Å². The van der Waals surface area contributed by atoms with E-state index in [1.807, 2.05) is 18.2 Å². The fourth-order valence-corrected chi connectivity index (χ4v) is 6.96. The van der Waals surface area contributed by atoms with Crippen LogP contribution in [0.1, 0.15) is 29.8 Å². The molecule has 4 saturated carbocycles. The smallest absolute Gasteiger partial charge is 0.272 e. The molecule has 5 aliphatic rings. The number of hydrogen-bond acceptors (Lipinski definition) is 3. The van der Waals surface area contributed by atoms with Gasteiger partial charge in [0.15, 0.2) is 0 Å². The molecule has 0 spiro atoms. The van der Waals surface area contributed by atoms with Crippen molar-refractivity contribution < 1.29 is 4.79 Å². The lowest BCUT2D eigenvalue weighted by Gasteiger charge is -2.44. The van der Waals surface area contributed by atoms with Gasteiger partial charge >= 0.3 is 0 Å². The molecule has 4 aliphatic carbocycles. The second kappa shape index (κ2) is 5.16. The Kier molecular flexibility index (Phi) is 2.99. The number of pyridine rings is 1. The van der Waals surface area contributed by atoms with Gasteiger partial charge in [0.2, 0.25) is 0 Å². The Morgan fingerprint density at radius 2 is 1.76 bits per heavy atom. The van der Waals surface area contributed by atoms with Crippen LogP contribution in [0.25, 0.3) is 11.3 Å². The zero-order valence-corrected chi connectivity index (χ0v) is 15.0.